The molecule has 3 aromatic carbocycles. The quantitative estimate of drug-likeness (QED) is 0.512. The van der Waals surface area contributed by atoms with Crippen molar-refractivity contribution >= 4 is 5.91 Å². The Morgan fingerprint density at radius 1 is 0.848 bits per heavy atom. The number of carbonyl (C=O) groups is 1. The number of nitrogens with one attached hydrogen (secondary N) is 1. The average molecular weight is 447 g/mol. The predicted molar refractivity (Wildman–Crippen MR) is 128 cm³/mol. The first-order chi connectivity index (χ1) is 16.3. The van der Waals surface area contributed by atoms with Gasteiger partial charge in [0, 0.05) is 31.7 Å². The number of morpholine rings is 1. The van der Waals surface area contributed by atoms with Crippen LogP contribution in [-0.2, 0) is 17.9 Å². The highest BCUT2D eigenvalue weighted by atomic mass is 16.5. The molecule has 0 unspecified atom stereocenters. The lowest BCUT2D eigenvalue weighted by Crippen LogP contribution is -2.38. The van der Waals surface area contributed by atoms with Gasteiger partial charge >= 0.3 is 0 Å². The fourth-order valence-electron chi connectivity index (χ4n) is 3.62. The Kier molecular flexibility index (Phi) is 8.33. The van der Waals surface area contributed by atoms with Crippen LogP contribution in [0.5, 0.6) is 11.5 Å². The second-order valence-electron chi connectivity index (χ2n) is 7.93. The van der Waals surface area contributed by atoms with E-state index in [1.807, 2.05) is 66.7 Å². The van der Waals surface area contributed by atoms with E-state index in [0.29, 0.717) is 31.1 Å². The van der Waals surface area contributed by atoms with E-state index in [9.17, 15) is 4.79 Å². The molecule has 0 aromatic heterocycles. The standard InChI is InChI=1S/C27H30N2O4/c30-27(24-9-5-11-26(19-24)33-21-22-6-2-1-3-7-22)28-20-23-8-4-10-25(18-23)32-17-14-29-12-15-31-16-13-29/h1-11,18-19H,12-17,20-21H2,(H,28,30). The summed E-state index contributed by atoms with van der Waals surface area (Å²) >= 11 is 0. The minimum absolute atomic E-state index is 0.140. The molecule has 172 valence electrons. The molecule has 6 nitrogen and oxygen atoms in total. The zero-order valence-corrected chi connectivity index (χ0v) is 18.7. The SMILES string of the molecule is O=C(NCc1cccc(OCCN2CCOCC2)c1)c1cccc(OCc2ccccc2)c1. The summed E-state index contributed by atoms with van der Waals surface area (Å²) < 4.78 is 17.1. The summed E-state index contributed by atoms with van der Waals surface area (Å²) in [4.78, 5) is 15.0. The molecule has 33 heavy (non-hydrogen) atoms. The Labute approximate surface area is 195 Å². The average Bonchev–Trinajstić information content (AvgIpc) is 2.88. The molecule has 1 fully saturated rings. The number of carbonyl (C=O) groups excluding carboxylic acids is 1. The van der Waals surface area contributed by atoms with Crippen molar-refractivity contribution < 1.29 is 19.0 Å². The summed E-state index contributed by atoms with van der Waals surface area (Å²) in [5.41, 5.74) is 2.64. The van der Waals surface area contributed by atoms with E-state index in [2.05, 4.69) is 10.2 Å². The van der Waals surface area contributed by atoms with Gasteiger partial charge in [-0.05, 0) is 41.5 Å². The Morgan fingerprint density at radius 2 is 1.58 bits per heavy atom. The molecule has 0 aliphatic carbocycles. The number of benzene rings is 3. The van der Waals surface area contributed by atoms with Crippen molar-refractivity contribution in [1.82, 2.24) is 10.2 Å². The molecule has 0 radical (unpaired) electrons. The van der Waals surface area contributed by atoms with Crippen LogP contribution < -0.4 is 14.8 Å². The summed E-state index contributed by atoms with van der Waals surface area (Å²) in [6.45, 7) is 5.88. The fraction of sp³-hybridized carbons (Fsp3) is 0.296. The van der Waals surface area contributed by atoms with E-state index in [1.165, 1.54) is 0 Å². The molecule has 1 N–H and O–H groups in total. The third-order valence-corrected chi connectivity index (χ3v) is 5.48. The lowest BCUT2D eigenvalue weighted by Gasteiger charge is -2.26. The second-order valence-corrected chi connectivity index (χ2v) is 7.93. The maximum absolute atomic E-state index is 12.7. The molecule has 1 aliphatic rings. The molecule has 1 heterocycles. The molecular formula is C27H30N2O4. The van der Waals surface area contributed by atoms with Crippen molar-refractivity contribution in [2.24, 2.45) is 0 Å². The Bertz CT molecular complexity index is 1020. The second kappa shape index (κ2) is 12.0. The van der Waals surface area contributed by atoms with Crippen LogP contribution in [0.2, 0.25) is 0 Å². The van der Waals surface area contributed by atoms with Gasteiger partial charge in [-0.15, -0.1) is 0 Å². The molecule has 0 spiro atoms. The van der Waals surface area contributed by atoms with Gasteiger partial charge in [-0.2, -0.15) is 0 Å². The minimum atomic E-state index is -0.140. The summed E-state index contributed by atoms with van der Waals surface area (Å²) in [5, 5.41) is 2.98. The van der Waals surface area contributed by atoms with Crippen molar-refractivity contribution in [2.75, 3.05) is 39.5 Å². The highest BCUT2D eigenvalue weighted by molar-refractivity contribution is 5.94. The first kappa shape index (κ1) is 22.8. The number of hydrogen-bond acceptors (Lipinski definition) is 5. The zero-order valence-electron chi connectivity index (χ0n) is 18.7. The molecule has 3 aromatic rings. The summed E-state index contributed by atoms with van der Waals surface area (Å²) in [6.07, 6.45) is 0. The van der Waals surface area contributed by atoms with Crippen LogP contribution >= 0.6 is 0 Å². The number of rotatable bonds is 10. The highest BCUT2D eigenvalue weighted by Gasteiger charge is 2.10. The van der Waals surface area contributed by atoms with Gasteiger partial charge in [0.2, 0.25) is 0 Å². The zero-order chi connectivity index (χ0) is 22.7. The maximum atomic E-state index is 12.7. The lowest BCUT2D eigenvalue weighted by molar-refractivity contribution is 0.0322. The number of hydrogen-bond donors (Lipinski definition) is 1. The maximum Gasteiger partial charge on any atom is 0.251 e. The van der Waals surface area contributed by atoms with Gasteiger partial charge in [-0.3, -0.25) is 9.69 Å². The normalized spacial score (nSPS) is 13.9. The highest BCUT2D eigenvalue weighted by Crippen LogP contribution is 2.16. The van der Waals surface area contributed by atoms with Crippen LogP contribution in [0.25, 0.3) is 0 Å². The molecule has 6 heteroatoms. The number of nitrogens with zero attached hydrogens (tertiary/aromatic N) is 1. The van der Waals surface area contributed by atoms with Crippen LogP contribution in [0.4, 0.5) is 0 Å². The molecule has 0 bridgehead atoms. The van der Waals surface area contributed by atoms with E-state index in [-0.39, 0.29) is 5.91 Å². The van der Waals surface area contributed by atoms with Crippen LogP contribution in [0.15, 0.2) is 78.9 Å². The van der Waals surface area contributed by atoms with Crippen LogP contribution in [0.3, 0.4) is 0 Å². The largest absolute Gasteiger partial charge is 0.492 e. The smallest absolute Gasteiger partial charge is 0.251 e. The van der Waals surface area contributed by atoms with Crippen molar-refractivity contribution in [2.45, 2.75) is 13.2 Å². The number of ether oxygens (including phenoxy) is 3. The molecule has 1 saturated heterocycles. The van der Waals surface area contributed by atoms with Crippen LogP contribution in [0, 0.1) is 0 Å². The van der Waals surface area contributed by atoms with E-state index in [0.717, 1.165) is 49.7 Å². The first-order valence-electron chi connectivity index (χ1n) is 11.3. The number of amides is 1. The lowest BCUT2D eigenvalue weighted by atomic mass is 10.1. The van der Waals surface area contributed by atoms with Crippen molar-refractivity contribution in [3.05, 3.63) is 95.6 Å². The predicted octanol–water partition coefficient (Wildman–Crippen LogP) is 3.91. The van der Waals surface area contributed by atoms with Gasteiger partial charge in [-0.25, -0.2) is 0 Å². The van der Waals surface area contributed by atoms with Crippen LogP contribution in [-0.4, -0.2) is 50.3 Å². The van der Waals surface area contributed by atoms with Crippen molar-refractivity contribution in [1.29, 1.82) is 0 Å². The summed E-state index contributed by atoms with van der Waals surface area (Å²) in [6, 6.07) is 25.0. The topological polar surface area (TPSA) is 60.0 Å². The van der Waals surface area contributed by atoms with Gasteiger partial charge in [0.15, 0.2) is 0 Å². The Morgan fingerprint density at radius 3 is 2.39 bits per heavy atom. The summed E-state index contributed by atoms with van der Waals surface area (Å²) in [5.74, 6) is 1.34. The molecule has 0 atom stereocenters. The molecule has 0 saturated carbocycles. The van der Waals surface area contributed by atoms with Gasteiger partial charge < -0.3 is 19.5 Å². The monoisotopic (exact) mass is 446 g/mol. The van der Waals surface area contributed by atoms with Gasteiger partial charge in [0.1, 0.15) is 24.7 Å². The van der Waals surface area contributed by atoms with E-state index >= 15 is 0 Å². The van der Waals surface area contributed by atoms with Gasteiger partial charge in [-0.1, -0.05) is 48.5 Å². The first-order valence-corrected chi connectivity index (χ1v) is 11.3. The Balaban J connectivity index is 1.24. The molecule has 1 aliphatic heterocycles. The third kappa shape index (κ3) is 7.34. The van der Waals surface area contributed by atoms with E-state index in [4.69, 9.17) is 14.2 Å². The van der Waals surface area contributed by atoms with E-state index in [1.54, 1.807) is 12.1 Å². The van der Waals surface area contributed by atoms with Gasteiger partial charge in [0.05, 0.1) is 13.2 Å². The molecular weight excluding hydrogens is 416 g/mol. The van der Waals surface area contributed by atoms with Gasteiger partial charge in [0.25, 0.3) is 5.91 Å². The third-order valence-electron chi connectivity index (χ3n) is 5.48. The Hall–Kier alpha value is -3.35. The van der Waals surface area contributed by atoms with E-state index < -0.39 is 0 Å². The fourth-order valence-corrected chi connectivity index (χ4v) is 3.62. The summed E-state index contributed by atoms with van der Waals surface area (Å²) in [7, 11) is 0. The van der Waals surface area contributed by atoms with Crippen molar-refractivity contribution in [3.63, 3.8) is 0 Å². The van der Waals surface area contributed by atoms with Crippen molar-refractivity contribution in [3.8, 4) is 11.5 Å². The molecule has 1 amide bonds. The van der Waals surface area contributed by atoms with Crippen LogP contribution in [0.1, 0.15) is 21.5 Å². The minimum Gasteiger partial charge on any atom is -0.492 e. The molecule has 4 rings (SSSR count).